The van der Waals surface area contributed by atoms with Crippen molar-refractivity contribution in [2.75, 3.05) is 7.05 Å². The highest BCUT2D eigenvalue weighted by atomic mass is 79.9. The summed E-state index contributed by atoms with van der Waals surface area (Å²) in [7, 11) is 2.19. The Morgan fingerprint density at radius 2 is 1.82 bits per heavy atom. The van der Waals surface area contributed by atoms with Crippen LogP contribution in [0, 0.1) is 0 Å². The van der Waals surface area contributed by atoms with E-state index < -0.39 is 0 Å². The molecule has 2 saturated heterocycles. The summed E-state index contributed by atoms with van der Waals surface area (Å²) in [6.07, 6.45) is 6.49. The van der Waals surface area contributed by atoms with E-state index in [4.69, 9.17) is 4.74 Å². The fourth-order valence-electron chi connectivity index (χ4n) is 2.82. The number of carbonyl (C=O) groups excluding carboxylic acids is 1. The number of hydrogen-bond donors (Lipinski definition) is 0. The topological polar surface area (TPSA) is 29.5 Å². The number of hydrogen-bond acceptors (Lipinski definition) is 3. The molecular formula is C13H22BrNO2. The van der Waals surface area contributed by atoms with Gasteiger partial charge in [0.2, 0.25) is 0 Å². The molecule has 17 heavy (non-hydrogen) atoms. The molecule has 2 aliphatic heterocycles. The maximum absolute atomic E-state index is 11.7. The molecule has 0 aromatic heterocycles. The van der Waals surface area contributed by atoms with Gasteiger partial charge in [0.05, 0.1) is 0 Å². The van der Waals surface area contributed by atoms with Crippen molar-refractivity contribution < 1.29 is 9.53 Å². The molecule has 0 aromatic rings. The van der Waals surface area contributed by atoms with E-state index >= 15 is 0 Å². The lowest BCUT2D eigenvalue weighted by Crippen LogP contribution is -2.43. The van der Waals surface area contributed by atoms with Crippen LogP contribution < -0.4 is 0 Å². The first kappa shape index (κ1) is 14.7. The minimum Gasteiger partial charge on any atom is -0.459 e. The van der Waals surface area contributed by atoms with E-state index in [2.05, 4.69) is 11.9 Å². The summed E-state index contributed by atoms with van der Waals surface area (Å²) in [6, 6.07) is 1.25. The zero-order chi connectivity index (χ0) is 11.7. The molecule has 0 N–H and O–H groups in total. The molecule has 0 saturated carbocycles. The molecular weight excluding hydrogens is 282 g/mol. The number of ether oxygens (including phenoxy) is 1. The highest BCUT2D eigenvalue weighted by Crippen LogP contribution is 2.35. The molecule has 0 spiro atoms. The van der Waals surface area contributed by atoms with Crippen LogP contribution in [0.3, 0.4) is 0 Å². The van der Waals surface area contributed by atoms with Gasteiger partial charge in [-0.05, 0) is 33.7 Å². The second kappa shape index (κ2) is 6.01. The molecule has 3 nitrogen and oxygen atoms in total. The number of carbonyl (C=O) groups is 1. The maximum atomic E-state index is 11.7. The Morgan fingerprint density at radius 3 is 2.29 bits per heavy atom. The molecule has 2 bridgehead atoms. The molecule has 2 aliphatic rings. The zero-order valence-electron chi connectivity index (χ0n) is 10.8. The SMILES string of the molecule is Br.C/C=C(\C)C(=O)OC1CC2CCC(C1)N2C. The molecule has 2 atom stereocenters. The van der Waals surface area contributed by atoms with Crippen LogP contribution in [0.15, 0.2) is 11.6 Å². The zero-order valence-corrected chi connectivity index (χ0v) is 12.5. The number of esters is 1. The van der Waals surface area contributed by atoms with Crippen molar-refractivity contribution in [3.8, 4) is 0 Å². The molecule has 0 amide bonds. The summed E-state index contributed by atoms with van der Waals surface area (Å²) in [5.41, 5.74) is 0.714. The summed E-state index contributed by atoms with van der Waals surface area (Å²) >= 11 is 0. The van der Waals surface area contributed by atoms with Crippen molar-refractivity contribution in [3.63, 3.8) is 0 Å². The Balaban J connectivity index is 0.00000144. The average Bonchev–Trinajstić information content (AvgIpc) is 2.52. The highest BCUT2D eigenvalue weighted by molar-refractivity contribution is 8.93. The van der Waals surface area contributed by atoms with Gasteiger partial charge < -0.3 is 9.64 Å². The summed E-state index contributed by atoms with van der Waals surface area (Å²) < 4.78 is 5.54. The van der Waals surface area contributed by atoms with Crippen molar-refractivity contribution in [2.24, 2.45) is 0 Å². The van der Waals surface area contributed by atoms with Crippen LogP contribution in [0.2, 0.25) is 0 Å². The van der Waals surface area contributed by atoms with Gasteiger partial charge in [0.1, 0.15) is 6.10 Å². The molecule has 0 aromatic carbocycles. The van der Waals surface area contributed by atoms with E-state index in [1.807, 2.05) is 19.9 Å². The minimum atomic E-state index is -0.142. The first-order valence-electron chi connectivity index (χ1n) is 6.17. The fourth-order valence-corrected chi connectivity index (χ4v) is 2.82. The van der Waals surface area contributed by atoms with E-state index in [-0.39, 0.29) is 29.1 Å². The van der Waals surface area contributed by atoms with Crippen molar-refractivity contribution in [2.45, 2.75) is 57.7 Å². The number of rotatable bonds is 2. The van der Waals surface area contributed by atoms with Crippen LogP contribution >= 0.6 is 17.0 Å². The van der Waals surface area contributed by atoms with Crippen LogP contribution in [0.5, 0.6) is 0 Å². The van der Waals surface area contributed by atoms with Crippen LogP contribution in [0.1, 0.15) is 39.5 Å². The Kier molecular flexibility index (Phi) is 5.20. The van der Waals surface area contributed by atoms with E-state index in [0.717, 1.165) is 12.8 Å². The molecule has 98 valence electrons. The second-order valence-corrected chi connectivity index (χ2v) is 5.02. The molecule has 2 unspecified atom stereocenters. The van der Waals surface area contributed by atoms with Crippen LogP contribution in [0.4, 0.5) is 0 Å². The van der Waals surface area contributed by atoms with Crippen LogP contribution in [-0.4, -0.2) is 36.1 Å². The molecule has 4 heteroatoms. The second-order valence-electron chi connectivity index (χ2n) is 5.02. The normalized spacial score (nSPS) is 33.1. The molecule has 2 heterocycles. The van der Waals surface area contributed by atoms with Crippen molar-refractivity contribution in [3.05, 3.63) is 11.6 Å². The lowest BCUT2D eigenvalue weighted by molar-refractivity contribution is -0.147. The van der Waals surface area contributed by atoms with Gasteiger partial charge in [0.25, 0.3) is 0 Å². The van der Waals surface area contributed by atoms with Gasteiger partial charge in [0.15, 0.2) is 0 Å². The van der Waals surface area contributed by atoms with Gasteiger partial charge in [0, 0.05) is 30.5 Å². The number of fused-ring (bicyclic) bond motifs is 2. The standard InChI is InChI=1S/C13H21NO2.BrH/c1-4-9(2)13(15)16-12-7-10-5-6-11(8-12)14(10)3;/h4,10-12H,5-8H2,1-3H3;1H/b9-4+;. The highest BCUT2D eigenvalue weighted by Gasteiger charge is 2.39. The number of piperidine rings is 1. The first-order valence-corrected chi connectivity index (χ1v) is 6.17. The summed E-state index contributed by atoms with van der Waals surface area (Å²) in [5.74, 6) is -0.142. The average molecular weight is 304 g/mol. The molecule has 2 rings (SSSR count). The Morgan fingerprint density at radius 1 is 1.29 bits per heavy atom. The van der Waals surface area contributed by atoms with Crippen LogP contribution in [0.25, 0.3) is 0 Å². The quantitative estimate of drug-likeness (QED) is 0.580. The van der Waals surface area contributed by atoms with Crippen molar-refractivity contribution in [1.29, 1.82) is 0 Å². The summed E-state index contributed by atoms with van der Waals surface area (Å²) in [5, 5.41) is 0. The van der Waals surface area contributed by atoms with E-state index in [9.17, 15) is 4.79 Å². The third-order valence-corrected chi connectivity index (χ3v) is 4.08. The monoisotopic (exact) mass is 303 g/mol. The number of halogens is 1. The predicted octanol–water partition coefficient (Wildman–Crippen LogP) is 2.70. The van der Waals surface area contributed by atoms with Gasteiger partial charge in [-0.25, -0.2) is 4.79 Å². The smallest absolute Gasteiger partial charge is 0.333 e. The number of nitrogens with zero attached hydrogens (tertiary/aromatic N) is 1. The van der Waals surface area contributed by atoms with Gasteiger partial charge in [-0.15, -0.1) is 17.0 Å². The van der Waals surface area contributed by atoms with E-state index in [1.54, 1.807) is 0 Å². The summed E-state index contributed by atoms with van der Waals surface area (Å²) in [4.78, 5) is 14.1. The predicted molar refractivity (Wildman–Crippen MR) is 73.4 cm³/mol. The lowest BCUT2D eigenvalue weighted by Gasteiger charge is -2.35. The third kappa shape index (κ3) is 3.10. The summed E-state index contributed by atoms with van der Waals surface area (Å²) in [6.45, 7) is 3.68. The third-order valence-electron chi connectivity index (χ3n) is 4.08. The first-order chi connectivity index (χ1) is 7.61. The number of allylic oxidation sites excluding steroid dienone is 1. The van der Waals surface area contributed by atoms with E-state index in [1.165, 1.54) is 12.8 Å². The van der Waals surface area contributed by atoms with Gasteiger partial charge in [-0.2, -0.15) is 0 Å². The molecule has 0 radical (unpaired) electrons. The minimum absolute atomic E-state index is 0. The Hall–Kier alpha value is -0.350. The fraction of sp³-hybridized carbons (Fsp3) is 0.769. The van der Waals surface area contributed by atoms with Gasteiger partial charge in [-0.3, -0.25) is 0 Å². The molecule has 0 aliphatic carbocycles. The van der Waals surface area contributed by atoms with E-state index in [0.29, 0.717) is 17.7 Å². The van der Waals surface area contributed by atoms with Gasteiger partial charge in [-0.1, -0.05) is 6.08 Å². The van der Waals surface area contributed by atoms with Crippen LogP contribution in [-0.2, 0) is 9.53 Å². The molecule has 2 fully saturated rings. The lowest BCUT2D eigenvalue weighted by atomic mass is 10.0. The Labute approximate surface area is 114 Å². The van der Waals surface area contributed by atoms with Crippen molar-refractivity contribution >= 4 is 23.0 Å². The largest absolute Gasteiger partial charge is 0.459 e. The Bertz CT molecular complexity index is 303. The maximum Gasteiger partial charge on any atom is 0.333 e. The van der Waals surface area contributed by atoms with Crippen molar-refractivity contribution in [1.82, 2.24) is 4.90 Å². The van der Waals surface area contributed by atoms with Gasteiger partial charge >= 0.3 is 5.97 Å².